The summed E-state index contributed by atoms with van der Waals surface area (Å²) in [5.74, 6) is 0. The first kappa shape index (κ1) is 8.43. The van der Waals surface area contributed by atoms with E-state index in [2.05, 4.69) is 4.98 Å². The van der Waals surface area contributed by atoms with Crippen LogP contribution in [0.4, 0.5) is 0 Å². The van der Waals surface area contributed by atoms with Crippen LogP contribution in [0.5, 0.6) is 0 Å². The highest BCUT2D eigenvalue weighted by Crippen LogP contribution is 1.98. The molecule has 4 nitrogen and oxygen atoms in total. The van der Waals surface area contributed by atoms with Crippen molar-refractivity contribution in [2.45, 2.75) is 0 Å². The molecule has 0 aromatic carbocycles. The van der Waals surface area contributed by atoms with Gasteiger partial charge in [0.2, 0.25) is 0 Å². The highest BCUT2D eigenvalue weighted by molar-refractivity contribution is 7.30. The number of nitrogens with one attached hydrogen (secondary N) is 1. The molecule has 0 aliphatic carbocycles. The van der Waals surface area contributed by atoms with Gasteiger partial charge >= 0.3 is 8.25 Å². The van der Waals surface area contributed by atoms with Crippen LogP contribution in [0.3, 0.4) is 0 Å². The minimum Gasteiger partial charge on any atom is -0.368 e. The Hall–Kier alpha value is -0.570. The van der Waals surface area contributed by atoms with Gasteiger partial charge in [0.1, 0.15) is 0 Å². The molecule has 0 unspecified atom stereocenters. The third-order valence-corrected chi connectivity index (χ3v) is 0.496. The van der Waals surface area contributed by atoms with Gasteiger partial charge in [-0.25, -0.2) is 0 Å². The summed E-state index contributed by atoms with van der Waals surface area (Å²) in [5, 5.41) is 0. The predicted molar refractivity (Wildman–Crippen MR) is 34.2 cm³/mol. The smallest absolute Gasteiger partial charge is 0.314 e. The van der Waals surface area contributed by atoms with E-state index >= 15 is 0 Å². The molecule has 0 aliphatic rings. The zero-order chi connectivity index (χ0) is 7.11. The summed E-state index contributed by atoms with van der Waals surface area (Å²) in [4.78, 5) is 17.2. The summed E-state index contributed by atoms with van der Waals surface area (Å²) < 4.78 is 8.74. The Morgan fingerprint density at radius 1 is 1.22 bits per heavy atom. The first-order chi connectivity index (χ1) is 4.23. The molecule has 0 saturated heterocycles. The molecule has 0 aliphatic heterocycles. The van der Waals surface area contributed by atoms with Gasteiger partial charge < -0.3 is 14.8 Å². The molecular formula is C4H8NO3P. The number of aromatic amines is 1. The fourth-order valence-electron chi connectivity index (χ4n) is 0.278. The Labute approximate surface area is 53.1 Å². The van der Waals surface area contributed by atoms with Crippen molar-refractivity contribution in [3.63, 3.8) is 0 Å². The maximum absolute atomic E-state index is 8.74. The lowest BCUT2D eigenvalue weighted by Crippen LogP contribution is -1.38. The monoisotopic (exact) mass is 149 g/mol. The maximum atomic E-state index is 8.74. The van der Waals surface area contributed by atoms with E-state index in [-0.39, 0.29) is 0 Å². The first-order valence-corrected chi connectivity index (χ1v) is 3.53. The Bertz CT molecular complexity index is 130. The van der Waals surface area contributed by atoms with Crippen LogP contribution in [-0.4, -0.2) is 14.8 Å². The second-order valence-corrected chi connectivity index (χ2v) is 1.73. The molecule has 1 aromatic rings. The third-order valence-electron chi connectivity index (χ3n) is 0.496. The molecule has 0 atom stereocenters. The molecule has 0 spiro atoms. The minimum absolute atomic E-state index is 1.88. The summed E-state index contributed by atoms with van der Waals surface area (Å²) in [6.07, 6.45) is 3.75. The Kier molecular flexibility index (Phi) is 5.21. The van der Waals surface area contributed by atoms with Crippen LogP contribution in [0.15, 0.2) is 24.5 Å². The number of hydrogen-bond donors (Lipinski definition) is 3. The summed E-state index contributed by atoms with van der Waals surface area (Å²) in [7, 11) is -3.13. The predicted octanol–water partition coefficient (Wildman–Crippen LogP) is 0.375. The number of aromatic nitrogens is 1. The molecule has 3 N–H and O–H groups in total. The fraction of sp³-hybridized carbons (Fsp3) is 0. The van der Waals surface area contributed by atoms with Crippen molar-refractivity contribution in [2.24, 2.45) is 0 Å². The zero-order valence-corrected chi connectivity index (χ0v) is 5.61. The highest BCUT2D eigenvalue weighted by atomic mass is 31.1. The van der Waals surface area contributed by atoms with Crippen LogP contribution in [0.2, 0.25) is 0 Å². The Balaban J connectivity index is 0.000000148. The van der Waals surface area contributed by atoms with Crippen molar-refractivity contribution in [3.8, 4) is 0 Å². The normalized spacial score (nSPS) is 8.33. The number of H-pyrrole nitrogens is 1. The summed E-state index contributed by atoms with van der Waals surface area (Å²) in [5.41, 5.74) is 0. The lowest BCUT2D eigenvalue weighted by molar-refractivity contribution is 0.405. The van der Waals surface area contributed by atoms with E-state index in [9.17, 15) is 0 Å². The van der Waals surface area contributed by atoms with Crippen molar-refractivity contribution in [1.82, 2.24) is 4.98 Å². The fourth-order valence-corrected chi connectivity index (χ4v) is 0.278. The van der Waals surface area contributed by atoms with Crippen molar-refractivity contribution >= 4 is 8.25 Å². The van der Waals surface area contributed by atoms with Gasteiger partial charge in [0.15, 0.2) is 0 Å². The molecule has 0 saturated carbocycles. The molecule has 1 rings (SSSR count). The summed E-state index contributed by atoms with van der Waals surface area (Å²) in [6.45, 7) is 0. The standard InChI is InChI=1S/C4H5N.H3O3P/c1-2-4-5-3-1;1-4(2)3/h1-5H;4H,(H2,1,2,3). The van der Waals surface area contributed by atoms with E-state index < -0.39 is 8.25 Å². The molecule has 0 radical (unpaired) electrons. The average molecular weight is 149 g/mol. The van der Waals surface area contributed by atoms with Crippen LogP contribution >= 0.6 is 8.25 Å². The maximum Gasteiger partial charge on any atom is 0.314 e. The van der Waals surface area contributed by atoms with Crippen LogP contribution in [0.25, 0.3) is 0 Å². The second-order valence-electron chi connectivity index (χ2n) is 1.17. The number of hydrogen-bond acceptors (Lipinski definition) is 1. The van der Waals surface area contributed by atoms with Gasteiger partial charge in [-0.1, -0.05) is 0 Å². The Morgan fingerprint density at radius 2 is 1.56 bits per heavy atom. The van der Waals surface area contributed by atoms with Gasteiger partial charge in [0, 0.05) is 12.4 Å². The average Bonchev–Trinajstić information content (AvgIpc) is 2.11. The highest BCUT2D eigenvalue weighted by Gasteiger charge is 1.61. The van der Waals surface area contributed by atoms with Gasteiger partial charge in [-0.05, 0) is 12.1 Å². The van der Waals surface area contributed by atoms with Crippen molar-refractivity contribution < 1.29 is 14.4 Å². The van der Waals surface area contributed by atoms with E-state index in [0.29, 0.717) is 0 Å². The van der Waals surface area contributed by atoms with E-state index in [0.717, 1.165) is 0 Å². The van der Waals surface area contributed by atoms with Crippen LogP contribution < -0.4 is 0 Å². The van der Waals surface area contributed by atoms with Crippen molar-refractivity contribution in [3.05, 3.63) is 24.5 Å². The molecule has 1 aromatic heterocycles. The third kappa shape index (κ3) is 11.2. The Morgan fingerprint density at radius 3 is 1.67 bits per heavy atom. The molecule has 52 valence electrons. The van der Waals surface area contributed by atoms with Crippen LogP contribution in [-0.2, 0) is 4.57 Å². The first-order valence-electron chi connectivity index (χ1n) is 2.23. The quantitative estimate of drug-likeness (QED) is 0.466. The topological polar surface area (TPSA) is 73.3 Å². The summed E-state index contributed by atoms with van der Waals surface area (Å²) >= 11 is 0. The largest absolute Gasteiger partial charge is 0.368 e. The molecule has 5 heteroatoms. The minimum atomic E-state index is -3.13. The van der Waals surface area contributed by atoms with Gasteiger partial charge in [-0.15, -0.1) is 0 Å². The molecule has 0 bridgehead atoms. The van der Waals surface area contributed by atoms with E-state index in [1.807, 2.05) is 24.5 Å². The van der Waals surface area contributed by atoms with E-state index in [1.165, 1.54) is 0 Å². The molecule has 9 heavy (non-hydrogen) atoms. The zero-order valence-electron chi connectivity index (χ0n) is 4.61. The summed E-state index contributed by atoms with van der Waals surface area (Å²) in [6, 6.07) is 3.89. The SMILES string of the molecule is O=[PH](O)O.c1cc[nH]c1. The lowest BCUT2D eigenvalue weighted by Gasteiger charge is -1.61. The molecule has 0 fully saturated rings. The van der Waals surface area contributed by atoms with Crippen molar-refractivity contribution in [1.29, 1.82) is 0 Å². The van der Waals surface area contributed by atoms with E-state index in [4.69, 9.17) is 14.4 Å². The van der Waals surface area contributed by atoms with Gasteiger partial charge in [0.05, 0.1) is 0 Å². The van der Waals surface area contributed by atoms with Crippen LogP contribution in [0.1, 0.15) is 0 Å². The lowest BCUT2D eigenvalue weighted by atomic mass is 10.7. The molecule has 1 heterocycles. The number of rotatable bonds is 0. The van der Waals surface area contributed by atoms with Gasteiger partial charge in [0.25, 0.3) is 0 Å². The van der Waals surface area contributed by atoms with Gasteiger partial charge in [-0.3, -0.25) is 4.57 Å². The van der Waals surface area contributed by atoms with Gasteiger partial charge in [-0.2, -0.15) is 0 Å². The second kappa shape index (κ2) is 5.56. The van der Waals surface area contributed by atoms with Crippen LogP contribution in [0, 0.1) is 0 Å². The van der Waals surface area contributed by atoms with Crippen molar-refractivity contribution in [2.75, 3.05) is 0 Å². The molecular weight excluding hydrogens is 141 g/mol. The van der Waals surface area contributed by atoms with E-state index in [1.54, 1.807) is 0 Å². The molecule has 0 amide bonds.